The number of amides is 1. The van der Waals surface area contributed by atoms with Crippen LogP contribution < -0.4 is 5.73 Å². The van der Waals surface area contributed by atoms with E-state index in [0.717, 1.165) is 18.5 Å². The minimum absolute atomic E-state index is 0.0122. The minimum Gasteiger partial charge on any atom is -0.379 e. The van der Waals surface area contributed by atoms with Gasteiger partial charge in [0.05, 0.1) is 18.8 Å². The molecule has 1 amide bonds. The van der Waals surface area contributed by atoms with E-state index in [1.165, 1.54) is 0 Å². The highest BCUT2D eigenvalue weighted by molar-refractivity contribution is 5.87. The average Bonchev–Trinajstić information content (AvgIpc) is 3.18. The lowest BCUT2D eigenvalue weighted by Crippen LogP contribution is -2.56. The molecule has 1 saturated carbocycles. The summed E-state index contributed by atoms with van der Waals surface area (Å²) < 4.78 is 5.29. The molecule has 2 heterocycles. The van der Waals surface area contributed by atoms with E-state index in [4.69, 9.17) is 10.5 Å². The third-order valence-electron chi connectivity index (χ3n) is 3.79. The first-order valence-corrected chi connectivity index (χ1v) is 6.77. The van der Waals surface area contributed by atoms with Gasteiger partial charge in [0.1, 0.15) is 5.54 Å². The van der Waals surface area contributed by atoms with Gasteiger partial charge in [-0.3, -0.25) is 9.78 Å². The fourth-order valence-corrected chi connectivity index (χ4v) is 2.45. The Morgan fingerprint density at radius 2 is 2.37 bits per heavy atom. The van der Waals surface area contributed by atoms with Crippen molar-refractivity contribution in [1.82, 2.24) is 9.88 Å². The zero-order valence-electron chi connectivity index (χ0n) is 10.9. The molecule has 0 bridgehead atoms. The molecule has 1 aromatic heterocycles. The summed E-state index contributed by atoms with van der Waals surface area (Å²) in [6.45, 7) is 1.45. The van der Waals surface area contributed by atoms with Crippen molar-refractivity contribution in [1.29, 1.82) is 0 Å². The molecular formula is C14H19N3O2. The first-order chi connectivity index (χ1) is 9.19. The Morgan fingerprint density at radius 3 is 2.95 bits per heavy atom. The summed E-state index contributed by atoms with van der Waals surface area (Å²) in [5, 5.41) is 0. The number of ether oxygens (including phenoxy) is 1. The molecule has 5 nitrogen and oxygen atoms in total. The number of nitrogens with zero attached hydrogens (tertiary/aromatic N) is 2. The molecule has 19 heavy (non-hydrogen) atoms. The van der Waals surface area contributed by atoms with Crippen LogP contribution in [0, 0.1) is 0 Å². The number of carbonyl (C=O) groups is 1. The summed E-state index contributed by atoms with van der Waals surface area (Å²) in [7, 11) is 0. The fourth-order valence-electron chi connectivity index (χ4n) is 2.45. The van der Waals surface area contributed by atoms with Crippen molar-refractivity contribution < 1.29 is 9.53 Å². The van der Waals surface area contributed by atoms with Gasteiger partial charge in [-0.2, -0.15) is 0 Å². The predicted molar refractivity (Wildman–Crippen MR) is 70.2 cm³/mol. The summed E-state index contributed by atoms with van der Waals surface area (Å²) in [5.41, 5.74) is 6.26. The first kappa shape index (κ1) is 12.6. The van der Waals surface area contributed by atoms with Crippen LogP contribution in [0.5, 0.6) is 0 Å². The molecule has 1 atom stereocenters. The largest absolute Gasteiger partial charge is 0.379 e. The van der Waals surface area contributed by atoms with Gasteiger partial charge in [0.25, 0.3) is 0 Å². The van der Waals surface area contributed by atoms with Gasteiger partial charge in [0.2, 0.25) is 5.91 Å². The number of pyridine rings is 1. The van der Waals surface area contributed by atoms with Gasteiger partial charge in [0, 0.05) is 18.8 Å². The Bertz CT molecular complexity index is 453. The van der Waals surface area contributed by atoms with Gasteiger partial charge in [-0.25, -0.2) is 0 Å². The molecule has 2 N–H and O–H groups in total. The average molecular weight is 261 g/mol. The normalized spacial score (nSPS) is 26.4. The zero-order valence-corrected chi connectivity index (χ0v) is 10.9. The van der Waals surface area contributed by atoms with Gasteiger partial charge in [-0.05, 0) is 31.4 Å². The highest BCUT2D eigenvalue weighted by Crippen LogP contribution is 2.31. The van der Waals surface area contributed by atoms with Gasteiger partial charge in [-0.1, -0.05) is 6.07 Å². The molecule has 3 rings (SSSR count). The second-order valence-corrected chi connectivity index (χ2v) is 5.44. The van der Waals surface area contributed by atoms with E-state index >= 15 is 0 Å². The van der Waals surface area contributed by atoms with E-state index in [2.05, 4.69) is 4.98 Å². The van der Waals surface area contributed by atoms with Crippen molar-refractivity contribution in [3.8, 4) is 0 Å². The minimum atomic E-state index is -0.836. The SMILES string of the molecule is NC1(C(=O)N(Cc2ccccn2)C2CC2)CCOC1. The molecule has 0 aromatic carbocycles. The fraction of sp³-hybridized carbons (Fsp3) is 0.571. The summed E-state index contributed by atoms with van der Waals surface area (Å²) in [6, 6.07) is 6.09. The lowest BCUT2D eigenvalue weighted by Gasteiger charge is -2.30. The van der Waals surface area contributed by atoms with Crippen LogP contribution in [0.4, 0.5) is 0 Å². The predicted octanol–water partition coefficient (Wildman–Crippen LogP) is 0.690. The summed E-state index contributed by atoms with van der Waals surface area (Å²) >= 11 is 0. The summed E-state index contributed by atoms with van der Waals surface area (Å²) in [5.74, 6) is 0.0122. The van der Waals surface area contributed by atoms with Gasteiger partial charge < -0.3 is 15.4 Å². The molecule has 5 heteroatoms. The zero-order chi connectivity index (χ0) is 13.3. The Hall–Kier alpha value is -1.46. The van der Waals surface area contributed by atoms with E-state index < -0.39 is 5.54 Å². The number of aromatic nitrogens is 1. The molecule has 2 fully saturated rings. The van der Waals surface area contributed by atoms with Crippen LogP contribution in [-0.2, 0) is 16.1 Å². The third-order valence-corrected chi connectivity index (χ3v) is 3.79. The van der Waals surface area contributed by atoms with E-state index in [0.29, 0.717) is 32.2 Å². The number of hydrogen-bond donors (Lipinski definition) is 1. The van der Waals surface area contributed by atoms with Crippen LogP contribution in [-0.4, -0.2) is 40.6 Å². The smallest absolute Gasteiger partial charge is 0.245 e. The first-order valence-electron chi connectivity index (χ1n) is 6.77. The maximum Gasteiger partial charge on any atom is 0.245 e. The second kappa shape index (κ2) is 4.90. The molecule has 102 valence electrons. The van der Waals surface area contributed by atoms with Crippen LogP contribution in [0.2, 0.25) is 0 Å². The molecule has 1 saturated heterocycles. The van der Waals surface area contributed by atoms with Crippen LogP contribution in [0.25, 0.3) is 0 Å². The van der Waals surface area contributed by atoms with Gasteiger partial charge in [-0.15, -0.1) is 0 Å². The number of hydrogen-bond acceptors (Lipinski definition) is 4. The van der Waals surface area contributed by atoms with E-state index in [9.17, 15) is 4.79 Å². The van der Waals surface area contributed by atoms with Crippen molar-refractivity contribution in [2.75, 3.05) is 13.2 Å². The van der Waals surface area contributed by atoms with Crippen LogP contribution >= 0.6 is 0 Å². The second-order valence-electron chi connectivity index (χ2n) is 5.44. The lowest BCUT2D eigenvalue weighted by molar-refractivity contribution is -0.138. The molecule has 1 aliphatic heterocycles. The Labute approximate surface area is 112 Å². The van der Waals surface area contributed by atoms with Gasteiger partial charge >= 0.3 is 0 Å². The monoisotopic (exact) mass is 261 g/mol. The Balaban J connectivity index is 1.76. The molecule has 1 aliphatic carbocycles. The number of carbonyl (C=O) groups excluding carboxylic acids is 1. The van der Waals surface area contributed by atoms with Crippen molar-refractivity contribution >= 4 is 5.91 Å². The van der Waals surface area contributed by atoms with Crippen LogP contribution in [0.1, 0.15) is 25.0 Å². The topological polar surface area (TPSA) is 68.5 Å². The molecular weight excluding hydrogens is 242 g/mol. The molecule has 0 radical (unpaired) electrons. The molecule has 2 aliphatic rings. The summed E-state index contributed by atoms with van der Waals surface area (Å²) in [6.07, 6.45) is 4.49. The number of rotatable bonds is 4. The van der Waals surface area contributed by atoms with E-state index in [1.807, 2.05) is 23.1 Å². The van der Waals surface area contributed by atoms with Gasteiger partial charge in [0.15, 0.2) is 0 Å². The third kappa shape index (κ3) is 2.62. The standard InChI is InChI=1S/C14H19N3O2/c15-14(6-8-19-10-14)13(18)17(12-4-5-12)9-11-3-1-2-7-16-11/h1-3,7,12H,4-6,8-10,15H2. The maximum atomic E-state index is 12.6. The molecule has 0 spiro atoms. The highest BCUT2D eigenvalue weighted by Gasteiger charge is 2.45. The Kier molecular flexibility index (Phi) is 3.24. The van der Waals surface area contributed by atoms with Crippen molar-refractivity contribution in [3.63, 3.8) is 0 Å². The quantitative estimate of drug-likeness (QED) is 0.866. The van der Waals surface area contributed by atoms with Crippen LogP contribution in [0.3, 0.4) is 0 Å². The maximum absolute atomic E-state index is 12.6. The molecule has 1 unspecified atom stereocenters. The van der Waals surface area contributed by atoms with Crippen molar-refractivity contribution in [2.45, 2.75) is 37.4 Å². The van der Waals surface area contributed by atoms with E-state index in [-0.39, 0.29) is 5.91 Å². The van der Waals surface area contributed by atoms with Crippen molar-refractivity contribution in [3.05, 3.63) is 30.1 Å². The van der Waals surface area contributed by atoms with Crippen LogP contribution in [0.15, 0.2) is 24.4 Å². The van der Waals surface area contributed by atoms with Crippen molar-refractivity contribution in [2.24, 2.45) is 5.73 Å². The number of nitrogens with two attached hydrogens (primary N) is 1. The Morgan fingerprint density at radius 1 is 1.53 bits per heavy atom. The summed E-state index contributed by atoms with van der Waals surface area (Å²) in [4.78, 5) is 18.8. The lowest BCUT2D eigenvalue weighted by atomic mass is 9.98. The highest BCUT2D eigenvalue weighted by atomic mass is 16.5. The molecule has 1 aromatic rings. The van der Waals surface area contributed by atoms with E-state index in [1.54, 1.807) is 6.20 Å².